The molecule has 26 heavy (non-hydrogen) atoms. The van der Waals surface area contributed by atoms with Crippen LogP contribution in [0.25, 0.3) is 11.3 Å². The zero-order valence-corrected chi connectivity index (χ0v) is 14.5. The molecule has 4 rings (SSSR count). The van der Waals surface area contributed by atoms with Gasteiger partial charge in [-0.15, -0.1) is 0 Å². The van der Waals surface area contributed by atoms with E-state index in [1.165, 1.54) is 0 Å². The number of pyridine rings is 1. The molecule has 0 radical (unpaired) electrons. The summed E-state index contributed by atoms with van der Waals surface area (Å²) in [5, 5.41) is 4.08. The number of aromatic nitrogens is 2. The summed E-state index contributed by atoms with van der Waals surface area (Å²) in [4.78, 5) is 18.4. The summed E-state index contributed by atoms with van der Waals surface area (Å²) >= 11 is 0. The van der Waals surface area contributed by atoms with Gasteiger partial charge in [0.1, 0.15) is 18.1 Å². The van der Waals surface area contributed by atoms with Gasteiger partial charge >= 0.3 is 0 Å². The molecule has 3 aromatic rings. The van der Waals surface area contributed by atoms with Crippen LogP contribution in [0, 0.1) is 5.92 Å². The van der Waals surface area contributed by atoms with E-state index < -0.39 is 0 Å². The van der Waals surface area contributed by atoms with Crippen molar-refractivity contribution in [1.29, 1.82) is 0 Å². The van der Waals surface area contributed by atoms with E-state index in [0.29, 0.717) is 25.3 Å². The Bertz CT molecular complexity index is 907. The molecule has 0 saturated carbocycles. The molecule has 0 spiro atoms. The van der Waals surface area contributed by atoms with Gasteiger partial charge in [0.2, 0.25) is 5.91 Å². The van der Waals surface area contributed by atoms with Crippen molar-refractivity contribution < 1.29 is 14.1 Å². The molecule has 1 aliphatic heterocycles. The zero-order chi connectivity index (χ0) is 17.9. The number of fused-ring (bicyclic) bond motifs is 1. The van der Waals surface area contributed by atoms with E-state index in [2.05, 4.69) is 10.1 Å². The van der Waals surface area contributed by atoms with Crippen LogP contribution >= 0.6 is 0 Å². The molecule has 3 heterocycles. The summed E-state index contributed by atoms with van der Waals surface area (Å²) in [5.41, 5.74) is 2.74. The lowest BCUT2D eigenvalue weighted by molar-refractivity contribution is -0.136. The van der Waals surface area contributed by atoms with E-state index in [0.717, 1.165) is 22.6 Å². The van der Waals surface area contributed by atoms with Crippen molar-refractivity contribution in [3.05, 3.63) is 66.2 Å². The number of hydrogen-bond acceptors (Lipinski definition) is 5. The van der Waals surface area contributed by atoms with Crippen molar-refractivity contribution >= 4 is 5.91 Å². The average molecular weight is 349 g/mol. The number of amides is 1. The number of rotatable bonds is 4. The monoisotopic (exact) mass is 349 g/mol. The summed E-state index contributed by atoms with van der Waals surface area (Å²) < 4.78 is 11.1. The van der Waals surface area contributed by atoms with Gasteiger partial charge in [0.25, 0.3) is 0 Å². The molecule has 0 saturated heterocycles. The number of ether oxygens (including phenoxy) is 1. The molecule has 1 unspecified atom stereocenters. The molecule has 0 bridgehead atoms. The van der Waals surface area contributed by atoms with Crippen LogP contribution in [0.1, 0.15) is 11.3 Å². The smallest absolute Gasteiger partial charge is 0.229 e. The third-order valence-electron chi connectivity index (χ3n) is 4.53. The van der Waals surface area contributed by atoms with Crippen LogP contribution in [0.15, 0.2) is 59.4 Å². The maximum atomic E-state index is 12.8. The highest BCUT2D eigenvalue weighted by molar-refractivity contribution is 5.79. The van der Waals surface area contributed by atoms with Gasteiger partial charge in [-0.3, -0.25) is 9.78 Å². The summed E-state index contributed by atoms with van der Waals surface area (Å²) in [6, 6.07) is 13.4. The highest BCUT2D eigenvalue weighted by Crippen LogP contribution is 2.28. The number of carbonyl (C=O) groups excluding carboxylic acids is 1. The Labute approximate surface area is 151 Å². The third kappa shape index (κ3) is 3.31. The Hall–Kier alpha value is -3.15. The molecule has 6 heteroatoms. The number of hydrogen-bond donors (Lipinski definition) is 0. The molecule has 132 valence electrons. The van der Waals surface area contributed by atoms with Crippen molar-refractivity contribution in [1.82, 2.24) is 15.0 Å². The molecule has 0 N–H and O–H groups in total. The van der Waals surface area contributed by atoms with Crippen LogP contribution in [0.4, 0.5) is 0 Å². The fourth-order valence-electron chi connectivity index (χ4n) is 3.16. The molecular formula is C20H19N3O3. The highest BCUT2D eigenvalue weighted by Gasteiger charge is 2.28. The Kier molecular flexibility index (Phi) is 4.39. The van der Waals surface area contributed by atoms with Gasteiger partial charge in [-0.2, -0.15) is 0 Å². The maximum absolute atomic E-state index is 12.8. The van der Waals surface area contributed by atoms with Crippen LogP contribution in [-0.4, -0.2) is 34.6 Å². The van der Waals surface area contributed by atoms with Crippen LogP contribution in [0.2, 0.25) is 0 Å². The lowest BCUT2D eigenvalue weighted by Gasteiger charge is -2.27. The quantitative estimate of drug-likeness (QED) is 0.724. The minimum atomic E-state index is -0.183. The van der Waals surface area contributed by atoms with Gasteiger partial charge in [0.15, 0.2) is 5.76 Å². The summed E-state index contributed by atoms with van der Waals surface area (Å²) in [7, 11) is 1.78. The van der Waals surface area contributed by atoms with Crippen LogP contribution < -0.4 is 4.74 Å². The van der Waals surface area contributed by atoms with Crippen molar-refractivity contribution in [3.63, 3.8) is 0 Å². The van der Waals surface area contributed by atoms with Gasteiger partial charge in [-0.1, -0.05) is 23.4 Å². The lowest BCUT2D eigenvalue weighted by Crippen LogP contribution is -2.38. The van der Waals surface area contributed by atoms with Gasteiger partial charge < -0.3 is 14.2 Å². The van der Waals surface area contributed by atoms with Crippen LogP contribution in [0.5, 0.6) is 5.75 Å². The van der Waals surface area contributed by atoms with Gasteiger partial charge in [-0.25, -0.2) is 0 Å². The van der Waals surface area contributed by atoms with Crippen molar-refractivity contribution in [3.8, 4) is 17.0 Å². The molecule has 1 atom stereocenters. The molecule has 1 amide bonds. The predicted molar refractivity (Wildman–Crippen MR) is 95.3 cm³/mol. The van der Waals surface area contributed by atoms with Gasteiger partial charge in [0, 0.05) is 31.1 Å². The predicted octanol–water partition coefficient (Wildman–Crippen LogP) is 2.95. The minimum absolute atomic E-state index is 0.0429. The number of nitrogens with zero attached hydrogens (tertiary/aromatic N) is 3. The zero-order valence-electron chi connectivity index (χ0n) is 14.5. The van der Waals surface area contributed by atoms with E-state index in [-0.39, 0.29) is 11.8 Å². The normalized spacial score (nSPS) is 15.8. The topological polar surface area (TPSA) is 68.5 Å². The molecule has 1 aliphatic rings. The Morgan fingerprint density at radius 2 is 2.04 bits per heavy atom. The SMILES string of the molecule is CN(Cc1cc(-c2ccncc2)no1)C(=O)C1COc2ccccc2C1. The van der Waals surface area contributed by atoms with Crippen molar-refractivity contribution in [2.45, 2.75) is 13.0 Å². The standard InChI is InChI=1S/C20H19N3O3/c1-23(12-17-11-18(22-26-17)14-6-8-21-9-7-14)20(24)16-10-15-4-2-3-5-19(15)25-13-16/h2-9,11,16H,10,12-13H2,1H3. The molecule has 0 aliphatic carbocycles. The first-order valence-electron chi connectivity index (χ1n) is 8.52. The minimum Gasteiger partial charge on any atom is -0.492 e. The van der Waals surface area contributed by atoms with E-state index in [9.17, 15) is 4.79 Å². The first kappa shape index (κ1) is 16.3. The highest BCUT2D eigenvalue weighted by atomic mass is 16.5. The maximum Gasteiger partial charge on any atom is 0.229 e. The third-order valence-corrected chi connectivity index (χ3v) is 4.53. The molecular weight excluding hydrogens is 330 g/mol. The largest absolute Gasteiger partial charge is 0.492 e. The van der Waals surface area contributed by atoms with Crippen LogP contribution in [-0.2, 0) is 17.8 Å². The number of para-hydroxylation sites is 1. The van der Waals surface area contributed by atoms with E-state index >= 15 is 0 Å². The fourth-order valence-corrected chi connectivity index (χ4v) is 3.16. The first-order valence-corrected chi connectivity index (χ1v) is 8.52. The Balaban J connectivity index is 1.42. The molecule has 0 fully saturated rings. The lowest BCUT2D eigenvalue weighted by atomic mass is 9.95. The van der Waals surface area contributed by atoms with E-state index in [1.54, 1.807) is 24.3 Å². The van der Waals surface area contributed by atoms with Crippen LogP contribution in [0.3, 0.4) is 0 Å². The summed E-state index contributed by atoms with van der Waals surface area (Å²) in [5.74, 6) is 1.38. The van der Waals surface area contributed by atoms with Crippen molar-refractivity contribution in [2.24, 2.45) is 5.92 Å². The van der Waals surface area contributed by atoms with E-state index in [1.807, 2.05) is 42.5 Å². The second-order valence-corrected chi connectivity index (χ2v) is 6.43. The number of carbonyl (C=O) groups is 1. The van der Waals surface area contributed by atoms with Gasteiger partial charge in [-0.05, 0) is 30.2 Å². The Morgan fingerprint density at radius 1 is 1.23 bits per heavy atom. The van der Waals surface area contributed by atoms with Gasteiger partial charge in [0.05, 0.1) is 12.5 Å². The summed E-state index contributed by atoms with van der Waals surface area (Å²) in [6.07, 6.45) is 4.11. The molecule has 2 aromatic heterocycles. The molecule has 1 aromatic carbocycles. The second-order valence-electron chi connectivity index (χ2n) is 6.43. The van der Waals surface area contributed by atoms with Crippen molar-refractivity contribution in [2.75, 3.05) is 13.7 Å². The fraction of sp³-hybridized carbons (Fsp3) is 0.250. The summed E-state index contributed by atoms with van der Waals surface area (Å²) in [6.45, 7) is 0.772. The van der Waals surface area contributed by atoms with E-state index in [4.69, 9.17) is 9.26 Å². The average Bonchev–Trinajstić information content (AvgIpc) is 3.16. The molecule has 6 nitrogen and oxygen atoms in total. The Morgan fingerprint density at radius 3 is 2.88 bits per heavy atom. The first-order chi connectivity index (χ1) is 12.7. The number of benzene rings is 1. The second kappa shape index (κ2) is 7.00.